The van der Waals surface area contributed by atoms with Gasteiger partial charge in [0.25, 0.3) is 0 Å². The van der Waals surface area contributed by atoms with E-state index < -0.39 is 0 Å². The molecule has 0 saturated heterocycles. The van der Waals surface area contributed by atoms with Gasteiger partial charge < -0.3 is 10.6 Å². The average Bonchev–Trinajstić information content (AvgIpc) is 3.30. The molecule has 34 heavy (non-hydrogen) atoms. The van der Waals surface area contributed by atoms with Crippen LogP contribution in [0.1, 0.15) is 12.5 Å². The van der Waals surface area contributed by atoms with E-state index >= 15 is 0 Å². The molecule has 2 N–H and O–H groups in total. The minimum absolute atomic E-state index is 0.117. The summed E-state index contributed by atoms with van der Waals surface area (Å²) in [5.41, 5.74) is 3.42. The minimum atomic E-state index is -0.343. The van der Waals surface area contributed by atoms with Gasteiger partial charge in [-0.2, -0.15) is 0 Å². The summed E-state index contributed by atoms with van der Waals surface area (Å²) in [6, 6.07) is 24.5. The first kappa shape index (κ1) is 24.0. The molecule has 2 amide bonds. The molecule has 1 unspecified atom stereocenters. The molecule has 0 radical (unpaired) electrons. The van der Waals surface area contributed by atoms with Crippen molar-refractivity contribution in [1.29, 1.82) is 0 Å². The van der Waals surface area contributed by atoms with E-state index in [4.69, 9.17) is 11.6 Å². The monoisotopic (exact) mass is 507 g/mol. The van der Waals surface area contributed by atoms with E-state index in [0.29, 0.717) is 15.8 Å². The number of aromatic nitrogens is 1. The van der Waals surface area contributed by atoms with Crippen LogP contribution in [0.3, 0.4) is 0 Å². The van der Waals surface area contributed by atoms with Gasteiger partial charge in [-0.1, -0.05) is 60.1 Å². The Morgan fingerprint density at radius 1 is 1.00 bits per heavy atom. The minimum Gasteiger partial charge on any atom is -0.326 e. The van der Waals surface area contributed by atoms with Crippen LogP contribution in [-0.2, 0) is 16.0 Å². The predicted molar refractivity (Wildman–Crippen MR) is 142 cm³/mol. The van der Waals surface area contributed by atoms with Gasteiger partial charge in [-0.25, -0.2) is 4.98 Å². The van der Waals surface area contributed by atoms with Crippen LogP contribution in [0, 0.1) is 0 Å². The number of thiazole rings is 1. The van der Waals surface area contributed by atoms with Crippen LogP contribution in [0.5, 0.6) is 0 Å². The molecule has 3 aromatic carbocycles. The van der Waals surface area contributed by atoms with Gasteiger partial charge in [-0.05, 0) is 42.8 Å². The van der Waals surface area contributed by atoms with Crippen molar-refractivity contribution in [1.82, 2.24) is 4.98 Å². The average molecular weight is 508 g/mol. The highest BCUT2D eigenvalue weighted by Crippen LogP contribution is 2.28. The molecular weight excluding hydrogens is 486 g/mol. The molecule has 1 aromatic heterocycles. The molecule has 0 saturated carbocycles. The molecule has 4 aromatic rings. The number of hydrogen-bond donors (Lipinski definition) is 2. The highest BCUT2D eigenvalue weighted by molar-refractivity contribution is 8.00. The third-order valence-corrected chi connectivity index (χ3v) is 6.99. The van der Waals surface area contributed by atoms with Crippen LogP contribution in [0.2, 0.25) is 5.02 Å². The van der Waals surface area contributed by atoms with Crippen molar-refractivity contribution in [3.05, 3.63) is 94.8 Å². The fourth-order valence-corrected chi connectivity index (χ4v) is 4.95. The number of amides is 2. The van der Waals surface area contributed by atoms with Crippen molar-refractivity contribution < 1.29 is 9.59 Å². The second kappa shape index (κ2) is 11.3. The van der Waals surface area contributed by atoms with E-state index in [-0.39, 0.29) is 23.5 Å². The fourth-order valence-electron chi connectivity index (χ4n) is 3.18. The lowest BCUT2D eigenvalue weighted by atomic mass is 10.1. The standard InChI is InChI=1S/C26H22ClN3O2S2/c1-17(25(32)30-26-29-23(16-33-26)19-6-3-2-4-7-19)34-22-9-5-8-21(15-22)28-24(31)14-18-10-12-20(27)13-11-18/h2-13,15-17H,14H2,1H3,(H,28,31)(H,29,30,32). The summed E-state index contributed by atoms with van der Waals surface area (Å²) in [5, 5.41) is 8.60. The number of nitrogens with zero attached hydrogens (tertiary/aromatic N) is 1. The summed E-state index contributed by atoms with van der Waals surface area (Å²) in [5.74, 6) is -0.246. The van der Waals surface area contributed by atoms with Crippen molar-refractivity contribution in [2.24, 2.45) is 0 Å². The summed E-state index contributed by atoms with van der Waals surface area (Å²) in [4.78, 5) is 30.5. The molecule has 0 spiro atoms. The lowest BCUT2D eigenvalue weighted by molar-refractivity contribution is -0.116. The smallest absolute Gasteiger partial charge is 0.239 e. The molecule has 4 rings (SSSR count). The Hall–Kier alpha value is -3.13. The molecule has 0 bridgehead atoms. The van der Waals surface area contributed by atoms with Crippen LogP contribution in [0.15, 0.2) is 89.1 Å². The van der Waals surface area contributed by atoms with Gasteiger partial charge in [0.1, 0.15) is 0 Å². The van der Waals surface area contributed by atoms with Crippen molar-refractivity contribution >= 4 is 57.3 Å². The van der Waals surface area contributed by atoms with Gasteiger partial charge in [-0.15, -0.1) is 23.1 Å². The Kier molecular flexibility index (Phi) is 8.00. The van der Waals surface area contributed by atoms with E-state index in [1.165, 1.54) is 23.1 Å². The van der Waals surface area contributed by atoms with Crippen molar-refractivity contribution in [2.75, 3.05) is 10.6 Å². The number of halogens is 1. The molecule has 1 heterocycles. The number of thioether (sulfide) groups is 1. The van der Waals surface area contributed by atoms with E-state index in [1.54, 1.807) is 12.1 Å². The topological polar surface area (TPSA) is 71.1 Å². The van der Waals surface area contributed by atoms with E-state index in [1.807, 2.05) is 79.0 Å². The maximum atomic E-state index is 12.7. The van der Waals surface area contributed by atoms with Gasteiger partial charge in [0, 0.05) is 26.5 Å². The number of carbonyl (C=O) groups excluding carboxylic acids is 2. The van der Waals surface area contributed by atoms with Gasteiger partial charge in [0.2, 0.25) is 11.8 Å². The largest absolute Gasteiger partial charge is 0.326 e. The first-order chi connectivity index (χ1) is 16.5. The second-order valence-electron chi connectivity index (χ2n) is 7.53. The molecule has 0 aliphatic carbocycles. The zero-order valence-electron chi connectivity index (χ0n) is 18.3. The first-order valence-electron chi connectivity index (χ1n) is 10.6. The zero-order chi connectivity index (χ0) is 23.9. The lowest BCUT2D eigenvalue weighted by Gasteiger charge is -2.12. The maximum absolute atomic E-state index is 12.7. The Bertz CT molecular complexity index is 1280. The lowest BCUT2D eigenvalue weighted by Crippen LogP contribution is -2.22. The highest BCUT2D eigenvalue weighted by Gasteiger charge is 2.17. The van der Waals surface area contributed by atoms with Crippen LogP contribution in [0.4, 0.5) is 10.8 Å². The van der Waals surface area contributed by atoms with Gasteiger partial charge in [-0.3, -0.25) is 9.59 Å². The third-order valence-electron chi connectivity index (χ3n) is 4.88. The van der Waals surface area contributed by atoms with Gasteiger partial charge in [0.05, 0.1) is 17.4 Å². The van der Waals surface area contributed by atoms with Crippen LogP contribution < -0.4 is 10.6 Å². The van der Waals surface area contributed by atoms with Crippen LogP contribution >= 0.6 is 34.7 Å². The van der Waals surface area contributed by atoms with Crippen molar-refractivity contribution in [3.63, 3.8) is 0 Å². The Morgan fingerprint density at radius 3 is 2.53 bits per heavy atom. The van der Waals surface area contributed by atoms with Crippen molar-refractivity contribution in [3.8, 4) is 11.3 Å². The quantitative estimate of drug-likeness (QED) is 0.258. The molecular formula is C26H22ClN3O2S2. The Labute approximate surface area is 211 Å². The molecule has 8 heteroatoms. The van der Waals surface area contributed by atoms with E-state index in [2.05, 4.69) is 15.6 Å². The highest BCUT2D eigenvalue weighted by atomic mass is 35.5. The first-order valence-corrected chi connectivity index (χ1v) is 12.7. The van der Waals surface area contributed by atoms with Crippen LogP contribution in [-0.4, -0.2) is 22.0 Å². The molecule has 5 nitrogen and oxygen atoms in total. The number of anilines is 2. The molecule has 0 aliphatic heterocycles. The number of benzene rings is 3. The van der Waals surface area contributed by atoms with Gasteiger partial charge >= 0.3 is 0 Å². The van der Waals surface area contributed by atoms with Crippen LogP contribution in [0.25, 0.3) is 11.3 Å². The summed E-state index contributed by atoms with van der Waals surface area (Å²) >= 11 is 8.72. The molecule has 0 aliphatic rings. The normalized spacial score (nSPS) is 11.6. The fraction of sp³-hybridized carbons (Fsp3) is 0.115. The van der Waals surface area contributed by atoms with E-state index in [0.717, 1.165) is 21.7 Å². The van der Waals surface area contributed by atoms with Gasteiger partial charge in [0.15, 0.2) is 5.13 Å². The number of rotatable bonds is 8. The number of nitrogens with one attached hydrogen (secondary N) is 2. The summed E-state index contributed by atoms with van der Waals surface area (Å²) in [7, 11) is 0. The molecule has 172 valence electrons. The third kappa shape index (κ3) is 6.70. The zero-order valence-corrected chi connectivity index (χ0v) is 20.7. The SMILES string of the molecule is CC(Sc1cccc(NC(=O)Cc2ccc(Cl)cc2)c1)C(=O)Nc1nc(-c2ccccc2)cs1. The molecule has 0 fully saturated rings. The molecule has 1 atom stereocenters. The maximum Gasteiger partial charge on any atom is 0.239 e. The number of hydrogen-bond acceptors (Lipinski definition) is 5. The summed E-state index contributed by atoms with van der Waals surface area (Å²) in [6.07, 6.45) is 0.256. The van der Waals surface area contributed by atoms with Crippen molar-refractivity contribution in [2.45, 2.75) is 23.5 Å². The predicted octanol–water partition coefficient (Wildman–Crippen LogP) is 6.76. The number of carbonyl (C=O) groups is 2. The van der Waals surface area contributed by atoms with E-state index in [9.17, 15) is 9.59 Å². The summed E-state index contributed by atoms with van der Waals surface area (Å²) in [6.45, 7) is 1.84. The Balaban J connectivity index is 1.32. The Morgan fingerprint density at radius 2 is 1.76 bits per heavy atom. The summed E-state index contributed by atoms with van der Waals surface area (Å²) < 4.78 is 0. The second-order valence-corrected chi connectivity index (χ2v) is 10.2.